The summed E-state index contributed by atoms with van der Waals surface area (Å²) in [6, 6.07) is 6.98. The fourth-order valence-corrected chi connectivity index (χ4v) is 2.07. The van der Waals surface area contributed by atoms with Crippen molar-refractivity contribution in [3.05, 3.63) is 29.8 Å². The number of carbonyl (C=O) groups excluding carboxylic acids is 1. The number of esters is 1. The lowest BCUT2D eigenvalue weighted by atomic mass is 10.1. The molecule has 0 aromatic heterocycles. The summed E-state index contributed by atoms with van der Waals surface area (Å²) < 4.78 is 4.88. The highest BCUT2D eigenvalue weighted by atomic mass is 28.4. The van der Waals surface area contributed by atoms with Crippen molar-refractivity contribution in [1.29, 1.82) is 0 Å². The van der Waals surface area contributed by atoms with Crippen molar-refractivity contribution in [1.82, 2.24) is 0 Å². The molecule has 0 heterocycles. The fourth-order valence-electron chi connectivity index (χ4n) is 1.42. The van der Waals surface area contributed by atoms with Gasteiger partial charge in [-0.1, -0.05) is 12.1 Å². The second-order valence-corrected chi connectivity index (χ2v) is 5.91. The average Bonchev–Trinajstić information content (AvgIpc) is 2.18. The van der Waals surface area contributed by atoms with Crippen LogP contribution in [0.1, 0.15) is 18.9 Å². The number of ether oxygens (including phenoxy) is 1. The summed E-state index contributed by atoms with van der Waals surface area (Å²) in [7, 11) is -3.91. The first kappa shape index (κ1) is 13.9. The van der Waals surface area contributed by atoms with E-state index >= 15 is 0 Å². The lowest BCUT2D eigenvalue weighted by Gasteiger charge is -2.08. The van der Waals surface area contributed by atoms with Crippen LogP contribution in [0.5, 0.6) is 5.75 Å². The summed E-state index contributed by atoms with van der Waals surface area (Å²) >= 11 is 0. The molecule has 0 saturated carbocycles. The molecule has 0 aliphatic heterocycles. The lowest BCUT2D eigenvalue weighted by Crippen LogP contribution is -2.34. The molecule has 0 amide bonds. The maximum Gasteiger partial charge on any atom is 0.492 e. The van der Waals surface area contributed by atoms with Crippen LogP contribution in [0, 0.1) is 0 Å². The molecule has 0 bridgehead atoms. The van der Waals surface area contributed by atoms with Crippen LogP contribution in [-0.2, 0) is 11.2 Å². The van der Waals surface area contributed by atoms with Gasteiger partial charge < -0.3 is 19.1 Å². The van der Waals surface area contributed by atoms with Gasteiger partial charge in [0.05, 0.1) is 0 Å². The van der Waals surface area contributed by atoms with E-state index in [1.165, 1.54) is 6.92 Å². The Bertz CT molecular complexity index is 368. The smallest absolute Gasteiger partial charge is 0.427 e. The topological polar surface area (TPSA) is 87.0 Å². The number of hydrogen-bond donors (Lipinski definition) is 3. The van der Waals surface area contributed by atoms with Gasteiger partial charge in [0.15, 0.2) is 0 Å². The molecule has 0 unspecified atom stereocenters. The molecule has 0 atom stereocenters. The Balaban J connectivity index is 2.43. The van der Waals surface area contributed by atoms with E-state index in [2.05, 4.69) is 0 Å². The van der Waals surface area contributed by atoms with Crippen LogP contribution in [0.2, 0.25) is 6.04 Å². The molecule has 1 aromatic rings. The van der Waals surface area contributed by atoms with Crippen LogP contribution in [-0.4, -0.2) is 29.2 Å². The van der Waals surface area contributed by atoms with Gasteiger partial charge in [-0.2, -0.15) is 0 Å². The summed E-state index contributed by atoms with van der Waals surface area (Å²) in [4.78, 5) is 37.2. The zero-order valence-electron chi connectivity index (χ0n) is 9.59. The maximum atomic E-state index is 10.7. The third-order valence-corrected chi connectivity index (χ3v) is 3.19. The minimum atomic E-state index is -3.91. The van der Waals surface area contributed by atoms with Gasteiger partial charge in [-0.15, -0.1) is 0 Å². The molecule has 5 nitrogen and oxygen atoms in total. The van der Waals surface area contributed by atoms with Crippen LogP contribution < -0.4 is 4.74 Å². The van der Waals surface area contributed by atoms with E-state index in [0.717, 1.165) is 5.56 Å². The van der Waals surface area contributed by atoms with Gasteiger partial charge in [0.1, 0.15) is 5.75 Å². The molecule has 94 valence electrons. The average molecular weight is 256 g/mol. The number of rotatable bonds is 5. The Morgan fingerprint density at radius 2 is 1.82 bits per heavy atom. The first-order chi connectivity index (χ1) is 7.87. The first-order valence-corrected chi connectivity index (χ1v) is 7.36. The highest BCUT2D eigenvalue weighted by Gasteiger charge is 2.25. The molecule has 0 spiro atoms. The van der Waals surface area contributed by atoms with E-state index in [1.54, 1.807) is 24.3 Å². The number of carbonyl (C=O) groups is 1. The molecule has 6 heteroatoms. The van der Waals surface area contributed by atoms with Gasteiger partial charge >= 0.3 is 14.8 Å². The minimum Gasteiger partial charge on any atom is -0.427 e. The number of benzene rings is 1. The Labute approximate surface area is 101 Å². The van der Waals surface area contributed by atoms with Crippen molar-refractivity contribution in [2.45, 2.75) is 25.8 Å². The minimum absolute atomic E-state index is 0.0265. The number of aryl methyl sites for hydroxylation is 1. The van der Waals surface area contributed by atoms with Crippen molar-refractivity contribution in [2.75, 3.05) is 0 Å². The van der Waals surface area contributed by atoms with Gasteiger partial charge in [0.2, 0.25) is 0 Å². The van der Waals surface area contributed by atoms with Gasteiger partial charge in [0, 0.05) is 13.0 Å². The van der Waals surface area contributed by atoms with Crippen LogP contribution in [0.4, 0.5) is 0 Å². The first-order valence-electron chi connectivity index (χ1n) is 5.31. The highest BCUT2D eigenvalue weighted by molar-refractivity contribution is 6.56. The molecule has 1 aromatic carbocycles. The van der Waals surface area contributed by atoms with E-state index < -0.39 is 8.80 Å². The van der Waals surface area contributed by atoms with Gasteiger partial charge in [-0.25, -0.2) is 0 Å². The van der Waals surface area contributed by atoms with E-state index in [-0.39, 0.29) is 12.0 Å². The summed E-state index contributed by atoms with van der Waals surface area (Å²) in [6.07, 6.45) is 1.14. The molecule has 1 rings (SSSR count). The second-order valence-electron chi connectivity index (χ2n) is 3.87. The Morgan fingerprint density at radius 1 is 1.24 bits per heavy atom. The van der Waals surface area contributed by atoms with E-state index in [1.807, 2.05) is 0 Å². The van der Waals surface area contributed by atoms with Gasteiger partial charge in [-0.05, 0) is 30.5 Å². The quantitative estimate of drug-likeness (QED) is 0.405. The third-order valence-electron chi connectivity index (χ3n) is 2.16. The van der Waals surface area contributed by atoms with E-state index in [0.29, 0.717) is 18.6 Å². The normalized spacial score (nSPS) is 11.3. The van der Waals surface area contributed by atoms with Crippen molar-refractivity contribution in [3.63, 3.8) is 0 Å². The standard InChI is InChI=1S/C11H16O5Si/c1-9(12)16-11-6-4-10(5-7-11)3-2-8-17(13,14)15/h4-7,13-15H,2-3,8H2,1H3. The molecule has 0 aliphatic carbocycles. The fraction of sp³-hybridized carbons (Fsp3) is 0.364. The van der Waals surface area contributed by atoms with E-state index in [9.17, 15) is 4.79 Å². The van der Waals surface area contributed by atoms with Crippen molar-refractivity contribution in [2.24, 2.45) is 0 Å². The largest absolute Gasteiger partial charge is 0.492 e. The predicted molar refractivity (Wildman–Crippen MR) is 63.3 cm³/mol. The SMILES string of the molecule is CC(=O)Oc1ccc(CCC[Si](O)(O)O)cc1. The highest BCUT2D eigenvalue weighted by Crippen LogP contribution is 2.15. The summed E-state index contributed by atoms with van der Waals surface area (Å²) in [5.74, 6) is 0.117. The van der Waals surface area contributed by atoms with Crippen molar-refractivity contribution in [3.8, 4) is 5.75 Å². The molecule has 3 N–H and O–H groups in total. The van der Waals surface area contributed by atoms with Gasteiger partial charge in [0.25, 0.3) is 0 Å². The Morgan fingerprint density at radius 3 is 2.29 bits per heavy atom. The number of hydrogen-bond acceptors (Lipinski definition) is 5. The maximum absolute atomic E-state index is 10.7. The van der Waals surface area contributed by atoms with Crippen molar-refractivity contribution < 1.29 is 23.9 Å². The van der Waals surface area contributed by atoms with Crippen LogP contribution in [0.25, 0.3) is 0 Å². The summed E-state index contributed by atoms with van der Waals surface area (Å²) in [5.41, 5.74) is 0.985. The summed E-state index contributed by atoms with van der Waals surface area (Å²) in [5, 5.41) is 0. The van der Waals surface area contributed by atoms with Crippen LogP contribution >= 0.6 is 0 Å². The molecule has 0 saturated heterocycles. The zero-order valence-corrected chi connectivity index (χ0v) is 10.6. The molecule has 17 heavy (non-hydrogen) atoms. The molecule has 0 aliphatic rings. The monoisotopic (exact) mass is 256 g/mol. The Hall–Kier alpha value is -1.21. The molecule has 0 radical (unpaired) electrons. The second kappa shape index (κ2) is 5.92. The predicted octanol–water partition coefficient (Wildman–Crippen LogP) is 0.460. The van der Waals surface area contributed by atoms with Crippen molar-refractivity contribution >= 4 is 14.8 Å². The Kier molecular flexibility index (Phi) is 4.82. The third kappa shape index (κ3) is 6.18. The summed E-state index contributed by atoms with van der Waals surface area (Å²) in [6.45, 7) is 1.34. The zero-order chi connectivity index (χ0) is 12.9. The molecule has 0 fully saturated rings. The molecular weight excluding hydrogens is 240 g/mol. The van der Waals surface area contributed by atoms with Crippen LogP contribution in [0.15, 0.2) is 24.3 Å². The van der Waals surface area contributed by atoms with Crippen LogP contribution in [0.3, 0.4) is 0 Å². The lowest BCUT2D eigenvalue weighted by molar-refractivity contribution is -0.131. The van der Waals surface area contributed by atoms with Gasteiger partial charge in [-0.3, -0.25) is 4.79 Å². The molecular formula is C11H16O5Si. The van der Waals surface area contributed by atoms with E-state index in [4.69, 9.17) is 19.1 Å².